The van der Waals surface area contributed by atoms with Crippen molar-refractivity contribution in [2.45, 2.75) is 19.5 Å². The monoisotopic (exact) mass is 283 g/mol. The Bertz CT molecular complexity index is 627. The van der Waals surface area contributed by atoms with Gasteiger partial charge in [-0.1, -0.05) is 18.2 Å². The molecule has 1 N–H and O–H groups in total. The average Bonchev–Trinajstić information content (AvgIpc) is 3.18. The molecule has 3 rings (SSSR count). The molecule has 0 aliphatic rings. The first-order chi connectivity index (χ1) is 9.83. The highest BCUT2D eigenvalue weighted by Gasteiger charge is 2.05. The van der Waals surface area contributed by atoms with Gasteiger partial charge in [-0.15, -0.1) is 11.3 Å². The highest BCUT2D eigenvalue weighted by Crippen LogP contribution is 2.18. The topological polar surface area (TPSA) is 29.9 Å². The second kappa shape index (κ2) is 6.03. The van der Waals surface area contributed by atoms with Crippen LogP contribution >= 0.6 is 11.3 Å². The molecule has 2 aromatic heterocycles. The molecule has 0 bridgehead atoms. The van der Waals surface area contributed by atoms with Crippen LogP contribution in [0.15, 0.2) is 60.5 Å². The molecular formula is C16H17N3S. The SMILES string of the molecule is C[C@@H](NCc1ccc(-n2ccnc2)cc1)c1cccs1. The quantitative estimate of drug-likeness (QED) is 0.772. The molecule has 0 fully saturated rings. The first-order valence-corrected chi connectivity index (χ1v) is 7.55. The molecule has 0 saturated carbocycles. The zero-order chi connectivity index (χ0) is 13.8. The third kappa shape index (κ3) is 2.98. The molecular weight excluding hydrogens is 266 g/mol. The van der Waals surface area contributed by atoms with Gasteiger partial charge in [-0.25, -0.2) is 4.98 Å². The summed E-state index contributed by atoms with van der Waals surface area (Å²) in [6, 6.07) is 13.2. The van der Waals surface area contributed by atoms with Crippen molar-refractivity contribution in [2.24, 2.45) is 0 Å². The fourth-order valence-corrected chi connectivity index (χ4v) is 2.87. The van der Waals surface area contributed by atoms with Gasteiger partial charge < -0.3 is 9.88 Å². The third-order valence-electron chi connectivity index (χ3n) is 3.32. The van der Waals surface area contributed by atoms with Gasteiger partial charge in [0.15, 0.2) is 0 Å². The highest BCUT2D eigenvalue weighted by atomic mass is 32.1. The maximum atomic E-state index is 4.06. The van der Waals surface area contributed by atoms with Gasteiger partial charge in [-0.05, 0) is 36.1 Å². The Kier molecular flexibility index (Phi) is 3.95. The Morgan fingerprint density at radius 3 is 2.75 bits per heavy atom. The minimum absolute atomic E-state index is 0.392. The van der Waals surface area contributed by atoms with Crippen molar-refractivity contribution >= 4 is 11.3 Å². The van der Waals surface area contributed by atoms with E-state index >= 15 is 0 Å². The molecule has 20 heavy (non-hydrogen) atoms. The van der Waals surface area contributed by atoms with Crippen LogP contribution in [-0.2, 0) is 6.54 Å². The summed E-state index contributed by atoms with van der Waals surface area (Å²) in [4.78, 5) is 5.44. The maximum absolute atomic E-state index is 4.06. The van der Waals surface area contributed by atoms with E-state index in [1.165, 1.54) is 10.4 Å². The van der Waals surface area contributed by atoms with Gasteiger partial charge in [0.25, 0.3) is 0 Å². The molecule has 102 valence electrons. The van der Waals surface area contributed by atoms with E-state index in [1.54, 1.807) is 17.5 Å². The molecule has 3 aromatic rings. The highest BCUT2D eigenvalue weighted by molar-refractivity contribution is 7.10. The Morgan fingerprint density at radius 2 is 2.10 bits per heavy atom. The van der Waals surface area contributed by atoms with Crippen molar-refractivity contribution in [3.63, 3.8) is 0 Å². The van der Waals surface area contributed by atoms with Gasteiger partial charge in [0, 0.05) is 35.5 Å². The summed E-state index contributed by atoms with van der Waals surface area (Å²) < 4.78 is 2.01. The number of rotatable bonds is 5. The summed E-state index contributed by atoms with van der Waals surface area (Å²) >= 11 is 1.79. The van der Waals surface area contributed by atoms with E-state index in [2.05, 4.69) is 59.0 Å². The second-order valence-corrected chi connectivity index (χ2v) is 5.73. The van der Waals surface area contributed by atoms with Crippen LogP contribution in [0.4, 0.5) is 0 Å². The van der Waals surface area contributed by atoms with Crippen LogP contribution in [0.1, 0.15) is 23.4 Å². The van der Waals surface area contributed by atoms with Crippen molar-refractivity contribution in [2.75, 3.05) is 0 Å². The van der Waals surface area contributed by atoms with Gasteiger partial charge in [-0.2, -0.15) is 0 Å². The number of hydrogen-bond acceptors (Lipinski definition) is 3. The molecule has 1 atom stereocenters. The van der Waals surface area contributed by atoms with E-state index in [0.29, 0.717) is 6.04 Å². The van der Waals surface area contributed by atoms with Crippen molar-refractivity contribution < 1.29 is 0 Å². The standard InChI is InChI=1S/C16H17N3S/c1-13(16-3-2-10-20-16)18-11-14-4-6-15(7-5-14)19-9-8-17-12-19/h2-10,12-13,18H,11H2,1H3/t13-/m1/s1. The van der Waals surface area contributed by atoms with Crippen LogP contribution in [0.25, 0.3) is 5.69 Å². The van der Waals surface area contributed by atoms with Crippen molar-refractivity contribution in [1.29, 1.82) is 0 Å². The van der Waals surface area contributed by atoms with Gasteiger partial charge >= 0.3 is 0 Å². The fourth-order valence-electron chi connectivity index (χ4n) is 2.11. The number of aromatic nitrogens is 2. The van der Waals surface area contributed by atoms with Crippen LogP contribution in [0.5, 0.6) is 0 Å². The third-order valence-corrected chi connectivity index (χ3v) is 4.38. The molecule has 0 aliphatic carbocycles. The van der Waals surface area contributed by atoms with Crippen LogP contribution in [-0.4, -0.2) is 9.55 Å². The zero-order valence-electron chi connectivity index (χ0n) is 11.4. The fraction of sp³-hybridized carbons (Fsp3) is 0.188. The van der Waals surface area contributed by atoms with Crippen LogP contribution in [0, 0.1) is 0 Å². The molecule has 0 unspecified atom stereocenters. The summed E-state index contributed by atoms with van der Waals surface area (Å²) in [7, 11) is 0. The number of imidazole rings is 1. The van der Waals surface area contributed by atoms with Crippen molar-refractivity contribution in [1.82, 2.24) is 14.9 Å². The van der Waals surface area contributed by atoms with E-state index in [1.807, 2.05) is 17.1 Å². The molecule has 0 radical (unpaired) electrons. The molecule has 0 aliphatic heterocycles. The zero-order valence-corrected chi connectivity index (χ0v) is 12.2. The van der Waals surface area contributed by atoms with E-state index in [0.717, 1.165) is 12.2 Å². The molecule has 1 aromatic carbocycles. The summed E-state index contributed by atoms with van der Waals surface area (Å²) in [5.41, 5.74) is 2.43. The lowest BCUT2D eigenvalue weighted by molar-refractivity contribution is 0.583. The summed E-state index contributed by atoms with van der Waals surface area (Å²) in [6.07, 6.45) is 5.55. The molecule has 3 nitrogen and oxygen atoms in total. The molecule has 2 heterocycles. The average molecular weight is 283 g/mol. The lowest BCUT2D eigenvalue weighted by Crippen LogP contribution is -2.17. The number of nitrogens with one attached hydrogen (secondary N) is 1. The van der Waals surface area contributed by atoms with Gasteiger partial charge in [0.1, 0.15) is 0 Å². The predicted molar refractivity (Wildman–Crippen MR) is 83.1 cm³/mol. The van der Waals surface area contributed by atoms with Crippen molar-refractivity contribution in [3.05, 3.63) is 70.9 Å². The summed E-state index contributed by atoms with van der Waals surface area (Å²) in [6.45, 7) is 3.08. The molecule has 0 spiro atoms. The number of thiophene rings is 1. The Hall–Kier alpha value is -1.91. The van der Waals surface area contributed by atoms with Crippen LogP contribution in [0.2, 0.25) is 0 Å². The van der Waals surface area contributed by atoms with Crippen LogP contribution in [0.3, 0.4) is 0 Å². The molecule has 0 amide bonds. The first-order valence-electron chi connectivity index (χ1n) is 6.67. The number of hydrogen-bond donors (Lipinski definition) is 1. The Balaban J connectivity index is 1.61. The van der Waals surface area contributed by atoms with E-state index in [9.17, 15) is 0 Å². The van der Waals surface area contributed by atoms with E-state index < -0.39 is 0 Å². The van der Waals surface area contributed by atoms with Crippen LogP contribution < -0.4 is 5.32 Å². The van der Waals surface area contributed by atoms with E-state index in [-0.39, 0.29) is 0 Å². The van der Waals surface area contributed by atoms with Gasteiger partial charge in [0.05, 0.1) is 6.33 Å². The largest absolute Gasteiger partial charge is 0.306 e. The molecule has 0 saturated heterocycles. The second-order valence-electron chi connectivity index (χ2n) is 4.75. The van der Waals surface area contributed by atoms with Crippen molar-refractivity contribution in [3.8, 4) is 5.69 Å². The summed E-state index contributed by atoms with van der Waals surface area (Å²) in [5.74, 6) is 0. The lowest BCUT2D eigenvalue weighted by atomic mass is 10.2. The molecule has 4 heteroatoms. The minimum Gasteiger partial charge on any atom is -0.306 e. The van der Waals surface area contributed by atoms with Gasteiger partial charge in [0.2, 0.25) is 0 Å². The number of nitrogens with zero attached hydrogens (tertiary/aromatic N) is 2. The minimum atomic E-state index is 0.392. The number of benzene rings is 1. The smallest absolute Gasteiger partial charge is 0.0991 e. The Labute approximate surface area is 122 Å². The first kappa shape index (κ1) is 13.1. The predicted octanol–water partition coefficient (Wildman–Crippen LogP) is 3.78. The summed E-state index contributed by atoms with van der Waals surface area (Å²) in [5, 5.41) is 5.67. The normalized spacial score (nSPS) is 12.4. The maximum Gasteiger partial charge on any atom is 0.0991 e. The van der Waals surface area contributed by atoms with Gasteiger partial charge in [-0.3, -0.25) is 0 Å². The Morgan fingerprint density at radius 1 is 1.25 bits per heavy atom. The lowest BCUT2D eigenvalue weighted by Gasteiger charge is -2.12. The van der Waals surface area contributed by atoms with E-state index in [4.69, 9.17) is 0 Å².